The first-order valence-electron chi connectivity index (χ1n) is 10.5. The predicted molar refractivity (Wildman–Crippen MR) is 135 cm³/mol. The van der Waals surface area contributed by atoms with E-state index in [1.807, 2.05) is 42.5 Å². The highest BCUT2D eigenvalue weighted by Gasteiger charge is 2.25. The smallest absolute Gasteiger partial charge is 0.209 e. The van der Waals surface area contributed by atoms with E-state index in [1.165, 1.54) is 25.3 Å². The molecule has 0 unspecified atom stereocenters. The average molecular weight is 470 g/mol. The lowest BCUT2D eigenvalue weighted by Crippen LogP contribution is -2.05. The fourth-order valence-electron chi connectivity index (χ4n) is 3.59. The van der Waals surface area contributed by atoms with Crippen molar-refractivity contribution in [1.82, 2.24) is 0 Å². The van der Waals surface area contributed by atoms with Crippen LogP contribution in [0.2, 0.25) is 0 Å². The number of nitrogen functional groups attached to an aromatic ring is 1. The Kier molecular flexibility index (Phi) is 6.81. The van der Waals surface area contributed by atoms with Gasteiger partial charge in [-0.25, -0.2) is 0 Å². The highest BCUT2D eigenvalue weighted by molar-refractivity contribution is 7.19. The van der Waals surface area contributed by atoms with E-state index in [4.69, 9.17) is 15.2 Å². The average Bonchev–Trinajstić information content (AvgIpc) is 3.19. The standard InChI is InChI=1S/C27H23N3O3S/c1-32-20-12-13-23(33-2)21(15-20)25(31)26-24(29)22(16-28)27(34-26)30-19-10-8-18(9-11-19)14-17-6-4-3-5-7-17/h3-13,15,30H,14,29H2,1-2H3. The number of rotatable bonds is 8. The summed E-state index contributed by atoms with van der Waals surface area (Å²) in [6.45, 7) is 0. The molecule has 0 fully saturated rings. The fourth-order valence-corrected chi connectivity index (χ4v) is 4.64. The van der Waals surface area contributed by atoms with Crippen molar-refractivity contribution in [1.29, 1.82) is 5.26 Å². The van der Waals surface area contributed by atoms with E-state index < -0.39 is 0 Å². The van der Waals surface area contributed by atoms with E-state index in [-0.39, 0.29) is 21.9 Å². The van der Waals surface area contributed by atoms with Gasteiger partial charge in [0.1, 0.15) is 33.0 Å². The Balaban J connectivity index is 1.60. The molecule has 0 radical (unpaired) electrons. The second kappa shape index (κ2) is 10.1. The molecule has 3 aromatic carbocycles. The minimum Gasteiger partial charge on any atom is -0.497 e. The van der Waals surface area contributed by atoms with Crippen molar-refractivity contribution in [3.63, 3.8) is 0 Å². The molecule has 6 nitrogen and oxygen atoms in total. The van der Waals surface area contributed by atoms with E-state index in [9.17, 15) is 10.1 Å². The van der Waals surface area contributed by atoms with Crippen molar-refractivity contribution >= 4 is 33.5 Å². The second-order valence-corrected chi connectivity index (χ2v) is 8.56. The molecule has 1 aromatic heterocycles. The van der Waals surface area contributed by atoms with Crippen molar-refractivity contribution in [2.24, 2.45) is 0 Å². The van der Waals surface area contributed by atoms with Gasteiger partial charge in [0.05, 0.1) is 25.5 Å². The number of benzene rings is 3. The number of nitrogens with one attached hydrogen (secondary N) is 1. The number of anilines is 3. The molecule has 34 heavy (non-hydrogen) atoms. The van der Waals surface area contributed by atoms with Crippen molar-refractivity contribution < 1.29 is 14.3 Å². The molecule has 170 valence electrons. The van der Waals surface area contributed by atoms with Gasteiger partial charge in [0.2, 0.25) is 5.78 Å². The SMILES string of the molecule is COc1ccc(OC)c(C(=O)c2sc(Nc3ccc(Cc4ccccc4)cc3)c(C#N)c2N)c1. The third-order valence-electron chi connectivity index (χ3n) is 5.38. The summed E-state index contributed by atoms with van der Waals surface area (Å²) in [5.74, 6) is 0.593. The van der Waals surface area contributed by atoms with E-state index in [2.05, 4.69) is 23.5 Å². The molecule has 4 rings (SSSR count). The molecule has 0 atom stereocenters. The number of ether oxygens (including phenoxy) is 2. The van der Waals surface area contributed by atoms with Gasteiger partial charge in [0.25, 0.3) is 0 Å². The Labute approximate surface area is 202 Å². The third kappa shape index (κ3) is 4.72. The molecule has 3 N–H and O–H groups in total. The first kappa shape index (κ1) is 22.9. The number of nitriles is 1. The molecule has 0 saturated heterocycles. The van der Waals surface area contributed by atoms with Crippen molar-refractivity contribution in [3.8, 4) is 17.6 Å². The summed E-state index contributed by atoms with van der Waals surface area (Å²) in [7, 11) is 3.02. The van der Waals surface area contributed by atoms with Crippen molar-refractivity contribution in [2.45, 2.75) is 6.42 Å². The maximum Gasteiger partial charge on any atom is 0.209 e. The minimum atomic E-state index is -0.332. The van der Waals surface area contributed by atoms with Crippen LogP contribution in [0.15, 0.2) is 72.8 Å². The zero-order chi connectivity index (χ0) is 24.1. The van der Waals surface area contributed by atoms with Gasteiger partial charge < -0.3 is 20.5 Å². The largest absolute Gasteiger partial charge is 0.497 e. The van der Waals surface area contributed by atoms with Crippen LogP contribution in [0, 0.1) is 11.3 Å². The summed E-state index contributed by atoms with van der Waals surface area (Å²) in [6, 6.07) is 25.3. The molecule has 7 heteroatoms. The molecular formula is C27H23N3O3S. The van der Waals surface area contributed by atoms with E-state index >= 15 is 0 Å². The summed E-state index contributed by atoms with van der Waals surface area (Å²) in [4.78, 5) is 13.6. The first-order valence-corrected chi connectivity index (χ1v) is 11.3. The van der Waals surface area contributed by atoms with Gasteiger partial charge >= 0.3 is 0 Å². The second-order valence-electron chi connectivity index (χ2n) is 7.54. The summed E-state index contributed by atoms with van der Waals surface area (Å²) in [5.41, 5.74) is 10.1. The number of carbonyl (C=O) groups excluding carboxylic acids is 1. The number of nitrogens with zero attached hydrogens (tertiary/aromatic N) is 1. The monoisotopic (exact) mass is 469 g/mol. The first-order chi connectivity index (χ1) is 16.5. The zero-order valence-corrected chi connectivity index (χ0v) is 19.6. The Morgan fingerprint density at radius 3 is 2.35 bits per heavy atom. The molecule has 4 aromatic rings. The lowest BCUT2D eigenvalue weighted by molar-refractivity contribution is 0.104. The number of ketones is 1. The lowest BCUT2D eigenvalue weighted by Gasteiger charge is -2.09. The fraction of sp³-hybridized carbons (Fsp3) is 0.111. The van der Waals surface area contributed by atoms with E-state index in [0.29, 0.717) is 22.1 Å². The van der Waals surface area contributed by atoms with Crippen LogP contribution in [-0.2, 0) is 6.42 Å². The highest BCUT2D eigenvalue weighted by atomic mass is 32.1. The van der Waals surface area contributed by atoms with Crippen LogP contribution in [0.5, 0.6) is 11.5 Å². The topological polar surface area (TPSA) is 97.4 Å². The van der Waals surface area contributed by atoms with Gasteiger partial charge in [-0.05, 0) is 47.9 Å². The third-order valence-corrected chi connectivity index (χ3v) is 6.50. The lowest BCUT2D eigenvalue weighted by atomic mass is 10.0. The van der Waals surface area contributed by atoms with Crippen LogP contribution >= 0.6 is 11.3 Å². The predicted octanol–water partition coefficient (Wildman–Crippen LogP) is 5.78. The quantitative estimate of drug-likeness (QED) is 0.317. The normalized spacial score (nSPS) is 10.4. The number of nitrogens with two attached hydrogens (primary N) is 1. The van der Waals surface area contributed by atoms with Gasteiger partial charge in [-0.1, -0.05) is 42.5 Å². The highest BCUT2D eigenvalue weighted by Crippen LogP contribution is 2.39. The van der Waals surface area contributed by atoms with Crippen molar-refractivity contribution in [3.05, 3.63) is 99.9 Å². The van der Waals surface area contributed by atoms with Crippen LogP contribution in [0.3, 0.4) is 0 Å². The van der Waals surface area contributed by atoms with Gasteiger partial charge in [-0.3, -0.25) is 4.79 Å². The molecule has 0 aliphatic carbocycles. The van der Waals surface area contributed by atoms with Gasteiger partial charge in [0.15, 0.2) is 0 Å². The number of thiophene rings is 1. The van der Waals surface area contributed by atoms with Crippen LogP contribution < -0.4 is 20.5 Å². The molecule has 0 aliphatic heterocycles. The van der Waals surface area contributed by atoms with Gasteiger partial charge in [-0.15, -0.1) is 11.3 Å². The Bertz CT molecular complexity index is 1360. The minimum absolute atomic E-state index is 0.144. The zero-order valence-electron chi connectivity index (χ0n) is 18.8. The number of hydrogen-bond donors (Lipinski definition) is 2. The summed E-state index contributed by atoms with van der Waals surface area (Å²) in [5, 5.41) is 13.5. The van der Waals surface area contributed by atoms with Gasteiger partial charge in [-0.2, -0.15) is 5.26 Å². The summed E-state index contributed by atoms with van der Waals surface area (Å²) in [6.07, 6.45) is 0.831. The van der Waals surface area contributed by atoms with Gasteiger partial charge in [0, 0.05) is 5.69 Å². The van der Waals surface area contributed by atoms with Crippen LogP contribution in [0.4, 0.5) is 16.4 Å². The molecule has 0 saturated carbocycles. The van der Waals surface area contributed by atoms with E-state index in [0.717, 1.165) is 23.4 Å². The number of methoxy groups -OCH3 is 2. The molecule has 0 bridgehead atoms. The van der Waals surface area contributed by atoms with Crippen molar-refractivity contribution in [2.75, 3.05) is 25.3 Å². The molecule has 0 amide bonds. The molecule has 0 aliphatic rings. The Morgan fingerprint density at radius 1 is 1.00 bits per heavy atom. The summed E-state index contributed by atoms with van der Waals surface area (Å²) < 4.78 is 10.6. The Morgan fingerprint density at radius 2 is 1.71 bits per heavy atom. The molecule has 1 heterocycles. The maximum absolute atomic E-state index is 13.3. The Hall–Kier alpha value is -4.28. The van der Waals surface area contributed by atoms with Crippen LogP contribution in [0.1, 0.15) is 31.9 Å². The summed E-state index contributed by atoms with van der Waals surface area (Å²) >= 11 is 1.14. The molecular weight excluding hydrogens is 446 g/mol. The maximum atomic E-state index is 13.3. The van der Waals surface area contributed by atoms with Crippen LogP contribution in [-0.4, -0.2) is 20.0 Å². The van der Waals surface area contributed by atoms with E-state index in [1.54, 1.807) is 18.2 Å². The van der Waals surface area contributed by atoms with Crippen LogP contribution in [0.25, 0.3) is 0 Å². The number of carbonyl (C=O) groups is 1. The molecule has 0 spiro atoms. The number of hydrogen-bond acceptors (Lipinski definition) is 7.